The summed E-state index contributed by atoms with van der Waals surface area (Å²) in [7, 11) is 0. The van der Waals surface area contributed by atoms with Crippen LogP contribution in [0.15, 0.2) is 18.2 Å². The van der Waals surface area contributed by atoms with Crippen LogP contribution in [0.1, 0.15) is 45.2 Å². The second-order valence-corrected chi connectivity index (χ2v) is 5.80. The number of benzene rings is 1. The van der Waals surface area contributed by atoms with Gasteiger partial charge in [0.05, 0.1) is 11.0 Å². The maximum absolute atomic E-state index is 6.15. The van der Waals surface area contributed by atoms with Crippen molar-refractivity contribution < 1.29 is 0 Å². The van der Waals surface area contributed by atoms with Gasteiger partial charge in [0.2, 0.25) is 5.95 Å². The van der Waals surface area contributed by atoms with Crippen LogP contribution < -0.4 is 5.73 Å². The smallest absolute Gasteiger partial charge is 0.201 e. The molecule has 0 aliphatic rings. The Morgan fingerprint density at radius 3 is 2.67 bits per heavy atom. The number of fused-ring (bicyclic) bond motifs is 1. The van der Waals surface area contributed by atoms with Crippen molar-refractivity contribution in [2.24, 2.45) is 0 Å². The first-order valence-electron chi connectivity index (χ1n) is 8.03. The molecule has 0 amide bonds. The number of nitrogens with two attached hydrogens (primary N) is 1. The lowest BCUT2D eigenvalue weighted by Gasteiger charge is -2.20. The summed E-state index contributed by atoms with van der Waals surface area (Å²) in [6.45, 7) is 12.2. The fourth-order valence-corrected chi connectivity index (χ4v) is 3.02. The van der Waals surface area contributed by atoms with Gasteiger partial charge in [0.1, 0.15) is 0 Å². The number of aromatic nitrogens is 2. The lowest BCUT2D eigenvalue weighted by atomic mass is 10.1. The maximum Gasteiger partial charge on any atom is 0.201 e. The Morgan fingerprint density at radius 1 is 1.29 bits per heavy atom. The van der Waals surface area contributed by atoms with Crippen LogP contribution in [-0.2, 0) is 0 Å². The Hall–Kier alpha value is -1.55. The standard InChI is InChI=1S/C17H28N4/c1-5-20(6-2)12-8-10-14(4)21-15-11-7-9-13(3)16(15)19-17(21)18/h7,9,11,14H,5-6,8,10,12H2,1-4H3,(H2,18,19). The van der Waals surface area contributed by atoms with Crippen LogP contribution in [0.4, 0.5) is 5.95 Å². The Labute approximate surface area is 128 Å². The molecule has 1 unspecified atom stereocenters. The molecule has 2 rings (SSSR count). The summed E-state index contributed by atoms with van der Waals surface area (Å²) >= 11 is 0. The Bertz CT molecular complexity index is 584. The quantitative estimate of drug-likeness (QED) is 0.846. The Morgan fingerprint density at radius 2 is 2.00 bits per heavy atom. The minimum absolute atomic E-state index is 0.382. The van der Waals surface area contributed by atoms with Gasteiger partial charge >= 0.3 is 0 Å². The van der Waals surface area contributed by atoms with E-state index in [0.717, 1.165) is 37.1 Å². The summed E-state index contributed by atoms with van der Waals surface area (Å²) in [4.78, 5) is 7.00. The molecule has 0 saturated heterocycles. The predicted octanol–water partition coefficient (Wildman–Crippen LogP) is 3.61. The summed E-state index contributed by atoms with van der Waals surface area (Å²) in [5.41, 5.74) is 9.53. The highest BCUT2D eigenvalue weighted by Gasteiger charge is 2.15. The molecular formula is C17H28N4. The third-order valence-electron chi connectivity index (χ3n) is 4.38. The van der Waals surface area contributed by atoms with Gasteiger partial charge in [-0.2, -0.15) is 0 Å². The Balaban J connectivity index is 2.11. The molecule has 1 heterocycles. The Kier molecular flexibility index (Phi) is 5.23. The van der Waals surface area contributed by atoms with E-state index < -0.39 is 0 Å². The third-order valence-corrected chi connectivity index (χ3v) is 4.38. The zero-order valence-electron chi connectivity index (χ0n) is 13.8. The topological polar surface area (TPSA) is 47.1 Å². The number of rotatable bonds is 7. The zero-order chi connectivity index (χ0) is 15.4. The van der Waals surface area contributed by atoms with E-state index in [0.29, 0.717) is 12.0 Å². The molecule has 21 heavy (non-hydrogen) atoms. The van der Waals surface area contributed by atoms with Gasteiger partial charge in [0.15, 0.2) is 0 Å². The number of anilines is 1. The molecule has 2 aromatic rings. The summed E-state index contributed by atoms with van der Waals surface area (Å²) in [5.74, 6) is 0.634. The number of hydrogen-bond donors (Lipinski definition) is 1. The molecule has 1 atom stereocenters. The first kappa shape index (κ1) is 15.8. The van der Waals surface area contributed by atoms with E-state index in [9.17, 15) is 0 Å². The van der Waals surface area contributed by atoms with Crippen LogP contribution in [0.25, 0.3) is 11.0 Å². The van der Waals surface area contributed by atoms with Crippen molar-refractivity contribution in [1.82, 2.24) is 14.5 Å². The van der Waals surface area contributed by atoms with Gasteiger partial charge in [-0.3, -0.25) is 0 Å². The average Bonchev–Trinajstić information content (AvgIpc) is 2.81. The predicted molar refractivity (Wildman–Crippen MR) is 90.6 cm³/mol. The van der Waals surface area contributed by atoms with Crippen molar-refractivity contribution >= 4 is 17.0 Å². The molecule has 2 N–H and O–H groups in total. The highest BCUT2D eigenvalue weighted by Crippen LogP contribution is 2.27. The molecule has 0 bridgehead atoms. The van der Waals surface area contributed by atoms with E-state index in [2.05, 4.69) is 60.3 Å². The molecule has 1 aromatic heterocycles. The molecule has 1 aromatic carbocycles. The average molecular weight is 288 g/mol. The van der Waals surface area contributed by atoms with Crippen LogP contribution in [0, 0.1) is 6.92 Å². The number of imidazole rings is 1. The first-order valence-corrected chi connectivity index (χ1v) is 8.03. The molecular weight excluding hydrogens is 260 g/mol. The largest absolute Gasteiger partial charge is 0.369 e. The number of aryl methyl sites for hydroxylation is 1. The van der Waals surface area contributed by atoms with Gasteiger partial charge in [-0.25, -0.2) is 4.98 Å². The summed E-state index contributed by atoms with van der Waals surface area (Å²) < 4.78 is 2.19. The second kappa shape index (κ2) is 6.94. The number of nitrogens with zero attached hydrogens (tertiary/aromatic N) is 3. The summed E-state index contributed by atoms with van der Waals surface area (Å²) in [5, 5.41) is 0. The van der Waals surface area contributed by atoms with E-state index in [-0.39, 0.29) is 0 Å². The van der Waals surface area contributed by atoms with Crippen LogP contribution >= 0.6 is 0 Å². The molecule has 0 aliphatic heterocycles. The van der Waals surface area contributed by atoms with E-state index in [1.165, 1.54) is 12.0 Å². The minimum Gasteiger partial charge on any atom is -0.369 e. The molecule has 0 radical (unpaired) electrons. The lowest BCUT2D eigenvalue weighted by molar-refractivity contribution is 0.289. The normalized spacial score (nSPS) is 13.2. The molecule has 0 fully saturated rings. The fraction of sp³-hybridized carbons (Fsp3) is 0.588. The minimum atomic E-state index is 0.382. The van der Waals surface area contributed by atoms with Crippen LogP contribution in [0.2, 0.25) is 0 Å². The third kappa shape index (κ3) is 3.38. The fourth-order valence-electron chi connectivity index (χ4n) is 3.02. The van der Waals surface area contributed by atoms with Gasteiger partial charge in [0.25, 0.3) is 0 Å². The summed E-state index contributed by atoms with van der Waals surface area (Å²) in [6.07, 6.45) is 2.31. The van der Waals surface area contributed by atoms with Gasteiger partial charge in [-0.1, -0.05) is 26.0 Å². The zero-order valence-corrected chi connectivity index (χ0v) is 13.8. The van der Waals surface area contributed by atoms with Gasteiger partial charge in [0, 0.05) is 6.04 Å². The van der Waals surface area contributed by atoms with Crippen molar-refractivity contribution in [1.29, 1.82) is 0 Å². The first-order chi connectivity index (χ1) is 10.1. The molecule has 0 spiro atoms. The van der Waals surface area contributed by atoms with Crippen molar-refractivity contribution in [3.05, 3.63) is 23.8 Å². The number of hydrogen-bond acceptors (Lipinski definition) is 3. The van der Waals surface area contributed by atoms with Crippen LogP contribution in [-0.4, -0.2) is 34.1 Å². The monoisotopic (exact) mass is 288 g/mol. The second-order valence-electron chi connectivity index (χ2n) is 5.80. The molecule has 116 valence electrons. The number of para-hydroxylation sites is 1. The maximum atomic E-state index is 6.15. The summed E-state index contributed by atoms with van der Waals surface area (Å²) in [6, 6.07) is 6.67. The van der Waals surface area contributed by atoms with Gasteiger partial charge in [-0.15, -0.1) is 0 Å². The highest BCUT2D eigenvalue weighted by atomic mass is 15.2. The van der Waals surface area contributed by atoms with Crippen molar-refractivity contribution in [3.63, 3.8) is 0 Å². The van der Waals surface area contributed by atoms with Crippen molar-refractivity contribution in [2.75, 3.05) is 25.4 Å². The SMILES string of the molecule is CCN(CC)CCCC(C)n1c(N)nc2c(C)cccc21. The van der Waals surface area contributed by atoms with Gasteiger partial charge in [-0.05, 0) is 58.0 Å². The molecule has 4 heteroatoms. The van der Waals surface area contributed by atoms with Crippen molar-refractivity contribution in [2.45, 2.75) is 46.6 Å². The van der Waals surface area contributed by atoms with Crippen LogP contribution in [0.3, 0.4) is 0 Å². The van der Waals surface area contributed by atoms with E-state index in [1.807, 2.05) is 0 Å². The molecule has 4 nitrogen and oxygen atoms in total. The van der Waals surface area contributed by atoms with Crippen molar-refractivity contribution in [3.8, 4) is 0 Å². The van der Waals surface area contributed by atoms with E-state index in [1.54, 1.807) is 0 Å². The van der Waals surface area contributed by atoms with Crippen LogP contribution in [0.5, 0.6) is 0 Å². The lowest BCUT2D eigenvalue weighted by Crippen LogP contribution is -2.24. The molecule has 0 saturated carbocycles. The van der Waals surface area contributed by atoms with Gasteiger partial charge < -0.3 is 15.2 Å². The number of nitrogen functional groups attached to an aromatic ring is 1. The molecule has 0 aliphatic carbocycles. The van der Waals surface area contributed by atoms with E-state index in [4.69, 9.17) is 5.73 Å². The van der Waals surface area contributed by atoms with E-state index >= 15 is 0 Å². The highest BCUT2D eigenvalue weighted by molar-refractivity contribution is 5.81.